The van der Waals surface area contributed by atoms with E-state index in [9.17, 15) is 5.11 Å². The highest BCUT2D eigenvalue weighted by Gasteiger charge is 2.30. The minimum Gasteiger partial charge on any atom is -0.388 e. The molecule has 0 saturated carbocycles. The van der Waals surface area contributed by atoms with E-state index in [-0.39, 0.29) is 5.92 Å². The summed E-state index contributed by atoms with van der Waals surface area (Å²) in [5.74, 6) is 0.188. The Kier molecular flexibility index (Phi) is 7.00. The zero-order chi connectivity index (χ0) is 20.9. The lowest BCUT2D eigenvalue weighted by atomic mass is 9.90. The average molecular weight is 421 g/mol. The third-order valence-corrected chi connectivity index (χ3v) is 7.53. The van der Waals surface area contributed by atoms with Crippen molar-refractivity contribution in [3.05, 3.63) is 77.2 Å². The highest BCUT2D eigenvalue weighted by atomic mass is 32.1. The molecule has 1 saturated heterocycles. The van der Waals surface area contributed by atoms with Gasteiger partial charge in [0.25, 0.3) is 0 Å². The number of fused-ring (bicyclic) bond motifs is 1. The fourth-order valence-corrected chi connectivity index (χ4v) is 5.35. The van der Waals surface area contributed by atoms with Gasteiger partial charge in [-0.3, -0.25) is 9.80 Å². The van der Waals surface area contributed by atoms with Crippen molar-refractivity contribution in [2.75, 3.05) is 32.7 Å². The number of rotatable bonds is 7. The molecule has 4 heteroatoms. The maximum Gasteiger partial charge on any atom is 0.0844 e. The van der Waals surface area contributed by atoms with E-state index in [0.717, 1.165) is 38.3 Å². The lowest BCUT2D eigenvalue weighted by Crippen LogP contribution is -2.51. The summed E-state index contributed by atoms with van der Waals surface area (Å²) in [4.78, 5) is 5.05. The molecule has 0 spiro atoms. The zero-order valence-electron chi connectivity index (χ0n) is 17.9. The van der Waals surface area contributed by atoms with Gasteiger partial charge in [0.1, 0.15) is 0 Å². The van der Waals surface area contributed by atoms with Crippen molar-refractivity contribution in [3.8, 4) is 0 Å². The van der Waals surface area contributed by atoms with Gasteiger partial charge in [0, 0.05) is 49.4 Å². The molecule has 1 N–H and O–H groups in total. The van der Waals surface area contributed by atoms with E-state index >= 15 is 0 Å². The number of thiophene rings is 1. The molecule has 158 valence electrons. The van der Waals surface area contributed by atoms with Crippen molar-refractivity contribution >= 4 is 27.5 Å². The van der Waals surface area contributed by atoms with Crippen LogP contribution in [-0.2, 0) is 0 Å². The van der Waals surface area contributed by atoms with Crippen molar-refractivity contribution < 1.29 is 5.11 Å². The third-order valence-electron chi connectivity index (χ3n) is 6.54. The third kappa shape index (κ3) is 4.84. The minimum atomic E-state index is -0.428. The van der Waals surface area contributed by atoms with Crippen LogP contribution in [0.2, 0.25) is 0 Å². The molecule has 3 atom stereocenters. The number of hydrogen-bond acceptors (Lipinski definition) is 4. The van der Waals surface area contributed by atoms with Crippen LogP contribution in [0.15, 0.2) is 66.1 Å². The number of piperazine rings is 1. The molecule has 3 unspecified atom stereocenters. The van der Waals surface area contributed by atoms with E-state index in [2.05, 4.69) is 95.8 Å². The summed E-state index contributed by atoms with van der Waals surface area (Å²) in [6.07, 6.45) is 4.05. The molecule has 0 bridgehead atoms. The molecule has 3 aromatic rings. The predicted molar refractivity (Wildman–Crippen MR) is 129 cm³/mol. The predicted octanol–water partition coefficient (Wildman–Crippen LogP) is 5.29. The van der Waals surface area contributed by atoms with Crippen LogP contribution in [0.3, 0.4) is 0 Å². The summed E-state index contributed by atoms with van der Waals surface area (Å²) in [6.45, 7) is 9.73. The van der Waals surface area contributed by atoms with Gasteiger partial charge in [-0.15, -0.1) is 11.3 Å². The molecule has 1 aliphatic rings. The van der Waals surface area contributed by atoms with Gasteiger partial charge >= 0.3 is 0 Å². The molecular weight excluding hydrogens is 388 g/mol. The fourth-order valence-electron chi connectivity index (χ4n) is 4.36. The second kappa shape index (κ2) is 9.88. The maximum atomic E-state index is 11.1. The fraction of sp³-hybridized carbons (Fsp3) is 0.385. The topological polar surface area (TPSA) is 26.7 Å². The quantitative estimate of drug-likeness (QED) is 0.563. The maximum absolute atomic E-state index is 11.1. The standard InChI is InChI=1S/C26H32N2OS/c1-20(26(29)24-19-30-25-13-7-6-12-23(24)25)21(2)28-17-15-27(16-18-28)14-8-11-22-9-4-3-5-10-22/h3-13,19-21,26,29H,14-18H2,1-2H3/b11-8+. The van der Waals surface area contributed by atoms with Crippen LogP contribution in [0, 0.1) is 5.92 Å². The first-order valence-corrected chi connectivity index (χ1v) is 11.8. The molecule has 1 aliphatic heterocycles. The van der Waals surface area contributed by atoms with Gasteiger partial charge in [0.2, 0.25) is 0 Å². The molecule has 1 fully saturated rings. The number of hydrogen-bond donors (Lipinski definition) is 1. The first kappa shape index (κ1) is 21.3. The summed E-state index contributed by atoms with van der Waals surface area (Å²) in [5.41, 5.74) is 2.34. The number of aliphatic hydroxyl groups is 1. The Bertz CT molecular complexity index is 959. The van der Waals surface area contributed by atoms with Crippen LogP contribution < -0.4 is 0 Å². The van der Waals surface area contributed by atoms with E-state index < -0.39 is 6.10 Å². The number of benzene rings is 2. The van der Waals surface area contributed by atoms with Crippen LogP contribution in [0.5, 0.6) is 0 Å². The highest BCUT2D eigenvalue weighted by molar-refractivity contribution is 7.17. The van der Waals surface area contributed by atoms with Crippen molar-refractivity contribution in [1.29, 1.82) is 0 Å². The summed E-state index contributed by atoms with van der Waals surface area (Å²) in [6, 6.07) is 19.2. The molecule has 0 radical (unpaired) electrons. The lowest BCUT2D eigenvalue weighted by Gasteiger charge is -2.41. The smallest absolute Gasteiger partial charge is 0.0844 e. The molecule has 0 amide bonds. The van der Waals surface area contributed by atoms with Crippen LogP contribution in [0.1, 0.15) is 31.1 Å². The van der Waals surface area contributed by atoms with Gasteiger partial charge in [-0.05, 0) is 34.9 Å². The van der Waals surface area contributed by atoms with E-state index in [1.807, 2.05) is 0 Å². The first-order valence-electron chi connectivity index (χ1n) is 11.0. The molecule has 30 heavy (non-hydrogen) atoms. The van der Waals surface area contributed by atoms with Gasteiger partial charge < -0.3 is 5.11 Å². The van der Waals surface area contributed by atoms with Gasteiger partial charge in [0.05, 0.1) is 6.10 Å². The van der Waals surface area contributed by atoms with Crippen LogP contribution >= 0.6 is 11.3 Å². The molecule has 2 aromatic carbocycles. The van der Waals surface area contributed by atoms with Gasteiger partial charge in [-0.2, -0.15) is 0 Å². The molecule has 1 aromatic heterocycles. The van der Waals surface area contributed by atoms with E-state index in [0.29, 0.717) is 6.04 Å². The molecular formula is C26H32N2OS. The molecule has 3 nitrogen and oxygen atoms in total. The normalized spacial score (nSPS) is 19.3. The van der Waals surface area contributed by atoms with Crippen molar-refractivity contribution in [3.63, 3.8) is 0 Å². The van der Waals surface area contributed by atoms with Gasteiger partial charge in [-0.1, -0.05) is 67.6 Å². The molecule has 4 rings (SSSR count). The molecule has 0 aliphatic carbocycles. The van der Waals surface area contributed by atoms with E-state index in [1.165, 1.54) is 15.6 Å². The Hall–Kier alpha value is -1.98. The lowest BCUT2D eigenvalue weighted by molar-refractivity contribution is 0.0296. The first-order chi connectivity index (χ1) is 14.6. The summed E-state index contributed by atoms with van der Waals surface area (Å²) in [5, 5.41) is 14.4. The van der Waals surface area contributed by atoms with Crippen LogP contribution in [-0.4, -0.2) is 53.7 Å². The second-order valence-corrected chi connectivity index (χ2v) is 9.29. The van der Waals surface area contributed by atoms with Gasteiger partial charge in [-0.25, -0.2) is 0 Å². The Morgan fingerprint density at radius 2 is 1.67 bits per heavy atom. The van der Waals surface area contributed by atoms with Gasteiger partial charge in [0.15, 0.2) is 0 Å². The molecule has 2 heterocycles. The summed E-state index contributed by atoms with van der Waals surface area (Å²) >= 11 is 1.73. The van der Waals surface area contributed by atoms with E-state index in [1.54, 1.807) is 11.3 Å². The largest absolute Gasteiger partial charge is 0.388 e. The zero-order valence-corrected chi connectivity index (χ0v) is 18.8. The number of nitrogens with zero attached hydrogens (tertiary/aromatic N) is 2. The highest BCUT2D eigenvalue weighted by Crippen LogP contribution is 2.35. The van der Waals surface area contributed by atoms with Crippen LogP contribution in [0.4, 0.5) is 0 Å². The SMILES string of the molecule is CC(C(O)c1csc2ccccc12)C(C)N1CCN(C/C=C/c2ccccc2)CC1. The van der Waals surface area contributed by atoms with E-state index in [4.69, 9.17) is 0 Å². The Morgan fingerprint density at radius 3 is 2.43 bits per heavy atom. The van der Waals surface area contributed by atoms with Crippen molar-refractivity contribution in [2.45, 2.75) is 26.0 Å². The minimum absolute atomic E-state index is 0.188. The monoisotopic (exact) mass is 420 g/mol. The average Bonchev–Trinajstić information content (AvgIpc) is 3.23. The Balaban J connectivity index is 1.30. The summed E-state index contributed by atoms with van der Waals surface area (Å²) < 4.78 is 1.25. The van der Waals surface area contributed by atoms with Crippen molar-refractivity contribution in [1.82, 2.24) is 9.80 Å². The Morgan fingerprint density at radius 1 is 0.967 bits per heavy atom. The van der Waals surface area contributed by atoms with Crippen molar-refractivity contribution in [2.24, 2.45) is 5.92 Å². The second-order valence-electron chi connectivity index (χ2n) is 8.38. The number of aliphatic hydroxyl groups excluding tert-OH is 1. The Labute approximate surface area is 184 Å². The van der Waals surface area contributed by atoms with Crippen LogP contribution in [0.25, 0.3) is 16.2 Å². The summed E-state index contributed by atoms with van der Waals surface area (Å²) in [7, 11) is 0.